The van der Waals surface area contributed by atoms with Crippen LogP contribution in [-0.4, -0.2) is 25.6 Å². The highest BCUT2D eigenvalue weighted by Gasteiger charge is 2.62. The van der Waals surface area contributed by atoms with Gasteiger partial charge in [-0.05, 0) is 39.5 Å². The largest absolute Gasteiger partial charge is 0.498 e. The maximum atomic E-state index is 12.9. The topological polar surface area (TPSA) is 35.5 Å². The van der Waals surface area contributed by atoms with E-state index in [9.17, 15) is 4.79 Å². The number of allylic oxidation sites excluding steroid dienone is 2. The summed E-state index contributed by atoms with van der Waals surface area (Å²) < 4.78 is 11.3. The monoisotopic (exact) mass is 266 g/mol. The van der Waals surface area contributed by atoms with E-state index in [0.717, 1.165) is 37.0 Å². The first-order chi connectivity index (χ1) is 8.90. The van der Waals surface area contributed by atoms with Crippen molar-refractivity contribution in [1.29, 1.82) is 0 Å². The molecule has 2 aliphatic rings. The van der Waals surface area contributed by atoms with Crippen LogP contribution in [0, 0.1) is 10.8 Å². The number of ketones is 1. The molecule has 0 amide bonds. The summed E-state index contributed by atoms with van der Waals surface area (Å²) in [5, 5.41) is 0. The van der Waals surface area contributed by atoms with Gasteiger partial charge >= 0.3 is 0 Å². The third-order valence-corrected chi connectivity index (χ3v) is 5.50. The molecule has 0 aliphatic heterocycles. The molecular formula is C16H26O3. The Bertz CT molecular complexity index is 412. The van der Waals surface area contributed by atoms with Gasteiger partial charge < -0.3 is 9.47 Å². The Labute approximate surface area is 116 Å². The lowest BCUT2D eigenvalue weighted by Crippen LogP contribution is -2.49. The first kappa shape index (κ1) is 14.6. The summed E-state index contributed by atoms with van der Waals surface area (Å²) in [4.78, 5) is 12.9. The van der Waals surface area contributed by atoms with Crippen LogP contribution in [0.5, 0.6) is 0 Å². The molecule has 108 valence electrons. The molecule has 0 N–H and O–H groups in total. The molecule has 0 aromatic rings. The highest BCUT2D eigenvalue weighted by molar-refractivity contribution is 6.03. The van der Waals surface area contributed by atoms with Crippen LogP contribution in [0.4, 0.5) is 0 Å². The van der Waals surface area contributed by atoms with E-state index in [1.165, 1.54) is 0 Å². The van der Waals surface area contributed by atoms with Gasteiger partial charge in [-0.3, -0.25) is 4.79 Å². The fraction of sp³-hybridized carbons (Fsp3) is 0.812. The number of hydrogen-bond acceptors (Lipinski definition) is 3. The molecule has 0 heterocycles. The predicted octanol–water partition coefficient (Wildman–Crippen LogP) is 3.48. The molecular weight excluding hydrogens is 240 g/mol. The first-order valence-corrected chi connectivity index (χ1v) is 7.31. The van der Waals surface area contributed by atoms with E-state index in [2.05, 4.69) is 13.8 Å². The van der Waals surface area contributed by atoms with E-state index in [1.54, 1.807) is 7.11 Å². The molecule has 0 saturated heterocycles. The van der Waals surface area contributed by atoms with E-state index < -0.39 is 0 Å². The lowest BCUT2D eigenvalue weighted by molar-refractivity contribution is -0.140. The fourth-order valence-corrected chi connectivity index (χ4v) is 4.03. The smallest absolute Gasteiger partial charge is 0.168 e. The van der Waals surface area contributed by atoms with E-state index in [-0.39, 0.29) is 22.7 Å². The number of carbonyl (C=O) groups excluding carboxylic acids is 1. The third-order valence-electron chi connectivity index (χ3n) is 5.50. The molecule has 0 bridgehead atoms. The minimum Gasteiger partial charge on any atom is -0.498 e. The molecule has 3 atom stereocenters. The van der Waals surface area contributed by atoms with Crippen LogP contribution in [0.3, 0.4) is 0 Å². The predicted molar refractivity (Wildman–Crippen MR) is 74.8 cm³/mol. The number of methoxy groups -OCH3 is 1. The molecule has 2 saturated carbocycles. The van der Waals surface area contributed by atoms with Gasteiger partial charge in [0.15, 0.2) is 5.78 Å². The van der Waals surface area contributed by atoms with Crippen LogP contribution >= 0.6 is 0 Å². The summed E-state index contributed by atoms with van der Waals surface area (Å²) in [7, 11) is 1.77. The Hall–Kier alpha value is -0.830. The Morgan fingerprint density at radius 3 is 2.68 bits per heavy atom. The second-order valence-corrected chi connectivity index (χ2v) is 6.34. The summed E-state index contributed by atoms with van der Waals surface area (Å²) in [5.41, 5.74) is 0.500. The van der Waals surface area contributed by atoms with Crippen molar-refractivity contribution < 1.29 is 14.3 Å². The molecule has 0 spiro atoms. The summed E-state index contributed by atoms with van der Waals surface area (Å²) in [6, 6.07) is 0. The van der Waals surface area contributed by atoms with Crippen molar-refractivity contribution in [3.8, 4) is 0 Å². The fourth-order valence-electron chi connectivity index (χ4n) is 4.03. The Balaban J connectivity index is 2.44. The van der Waals surface area contributed by atoms with Gasteiger partial charge in [-0.2, -0.15) is 0 Å². The normalized spacial score (nSPS) is 41.1. The Morgan fingerprint density at radius 2 is 2.11 bits per heavy atom. The number of ether oxygens (including phenoxy) is 2. The molecule has 2 aliphatic carbocycles. The molecule has 2 fully saturated rings. The second-order valence-electron chi connectivity index (χ2n) is 6.34. The number of fused-ring (bicyclic) bond motifs is 1. The summed E-state index contributed by atoms with van der Waals surface area (Å²) in [6.07, 6.45) is 4.04. The second kappa shape index (κ2) is 4.93. The standard InChI is InChI=1S/C16H26O3/c1-6-19-11(2)12-10-16(4)13(18-5)8-7-9-15(16,3)14(12)17/h13H,6-10H2,1-5H3/b12-11+/t13-,15+,16-/m0/s1. The van der Waals surface area contributed by atoms with E-state index >= 15 is 0 Å². The van der Waals surface area contributed by atoms with Gasteiger partial charge in [0.1, 0.15) is 0 Å². The highest BCUT2D eigenvalue weighted by atomic mass is 16.5. The zero-order valence-electron chi connectivity index (χ0n) is 12.8. The molecule has 0 aromatic heterocycles. The van der Waals surface area contributed by atoms with Crippen molar-refractivity contribution in [3.63, 3.8) is 0 Å². The van der Waals surface area contributed by atoms with E-state index in [0.29, 0.717) is 6.61 Å². The van der Waals surface area contributed by atoms with Gasteiger partial charge in [-0.15, -0.1) is 0 Å². The van der Waals surface area contributed by atoms with Crippen LogP contribution in [0.25, 0.3) is 0 Å². The molecule has 3 heteroatoms. The van der Waals surface area contributed by atoms with Gasteiger partial charge in [0.2, 0.25) is 0 Å². The zero-order valence-corrected chi connectivity index (χ0v) is 12.8. The van der Waals surface area contributed by atoms with Gasteiger partial charge in [-0.1, -0.05) is 13.8 Å². The Morgan fingerprint density at radius 1 is 1.42 bits per heavy atom. The third kappa shape index (κ3) is 1.94. The molecule has 0 radical (unpaired) electrons. The van der Waals surface area contributed by atoms with Crippen LogP contribution in [-0.2, 0) is 14.3 Å². The lowest BCUT2D eigenvalue weighted by atomic mass is 9.58. The van der Waals surface area contributed by atoms with Crippen LogP contribution in [0.2, 0.25) is 0 Å². The summed E-state index contributed by atoms with van der Waals surface area (Å²) in [6.45, 7) is 8.82. The Kier molecular flexibility index (Phi) is 3.78. The maximum absolute atomic E-state index is 12.9. The van der Waals surface area contributed by atoms with Gasteiger partial charge in [-0.25, -0.2) is 0 Å². The lowest BCUT2D eigenvalue weighted by Gasteiger charge is -2.48. The number of Topliss-reactive ketones (excluding diaryl/α,β-unsaturated/α-hetero) is 1. The van der Waals surface area contributed by atoms with E-state index in [4.69, 9.17) is 9.47 Å². The van der Waals surface area contributed by atoms with Crippen molar-refractivity contribution in [2.75, 3.05) is 13.7 Å². The van der Waals surface area contributed by atoms with Gasteiger partial charge in [0, 0.05) is 23.5 Å². The average molecular weight is 266 g/mol. The van der Waals surface area contributed by atoms with E-state index in [1.807, 2.05) is 13.8 Å². The van der Waals surface area contributed by atoms with Crippen molar-refractivity contribution in [2.24, 2.45) is 10.8 Å². The highest BCUT2D eigenvalue weighted by Crippen LogP contribution is 2.61. The molecule has 19 heavy (non-hydrogen) atoms. The summed E-state index contributed by atoms with van der Waals surface area (Å²) >= 11 is 0. The van der Waals surface area contributed by atoms with Crippen LogP contribution in [0.15, 0.2) is 11.3 Å². The van der Waals surface area contributed by atoms with Crippen molar-refractivity contribution in [1.82, 2.24) is 0 Å². The minimum atomic E-state index is -0.292. The number of rotatable bonds is 3. The van der Waals surface area contributed by atoms with Gasteiger partial charge in [0.05, 0.1) is 18.5 Å². The molecule has 0 unspecified atom stereocenters. The van der Waals surface area contributed by atoms with Crippen molar-refractivity contribution in [2.45, 2.75) is 59.5 Å². The van der Waals surface area contributed by atoms with Crippen molar-refractivity contribution >= 4 is 5.78 Å². The SMILES string of the molecule is CCO/C(C)=C1\C[C@@]2(C)[C@@H](OC)CCC[C@]2(C)C1=O. The van der Waals surface area contributed by atoms with Crippen LogP contribution < -0.4 is 0 Å². The van der Waals surface area contributed by atoms with Crippen molar-refractivity contribution in [3.05, 3.63) is 11.3 Å². The van der Waals surface area contributed by atoms with Crippen LogP contribution in [0.1, 0.15) is 53.4 Å². The average Bonchev–Trinajstić information content (AvgIpc) is 2.59. The van der Waals surface area contributed by atoms with Gasteiger partial charge in [0.25, 0.3) is 0 Å². The first-order valence-electron chi connectivity index (χ1n) is 7.31. The molecule has 0 aromatic carbocycles. The maximum Gasteiger partial charge on any atom is 0.168 e. The number of carbonyl (C=O) groups is 1. The zero-order chi connectivity index (χ0) is 14.3. The minimum absolute atomic E-state index is 0.0925. The quantitative estimate of drug-likeness (QED) is 0.579. The molecule has 3 nitrogen and oxygen atoms in total. The number of hydrogen-bond donors (Lipinski definition) is 0. The summed E-state index contributed by atoms with van der Waals surface area (Å²) in [5.74, 6) is 1.09. The molecule has 2 rings (SSSR count).